The summed E-state index contributed by atoms with van der Waals surface area (Å²) in [6.07, 6.45) is 9.55. The molecule has 1 aromatic rings. The van der Waals surface area contributed by atoms with Crippen molar-refractivity contribution in [1.29, 1.82) is 0 Å². The van der Waals surface area contributed by atoms with Crippen LogP contribution in [-0.4, -0.2) is 105 Å². The van der Waals surface area contributed by atoms with Crippen molar-refractivity contribution in [3.05, 3.63) is 53.6 Å². The molecule has 6 fully saturated rings. The Morgan fingerprint density at radius 3 is 1.50 bits per heavy atom. The molecule has 432 valence electrons. The van der Waals surface area contributed by atoms with Gasteiger partial charge in [-0.1, -0.05) is 95.9 Å². The van der Waals surface area contributed by atoms with Gasteiger partial charge in [-0.3, -0.25) is 0 Å². The molecule has 0 saturated heterocycles. The second-order valence-electron chi connectivity index (χ2n) is 26.1. The molecule has 0 bridgehead atoms. The Labute approximate surface area is 471 Å². The predicted octanol–water partition coefficient (Wildman–Crippen LogP) is 14.0. The first-order valence-corrected chi connectivity index (χ1v) is 30.8. The van der Waals surface area contributed by atoms with Crippen LogP contribution in [0.1, 0.15) is 192 Å². The number of hydrogen-bond acceptors (Lipinski definition) is 7. The fourth-order valence-electron chi connectivity index (χ4n) is 18.4. The van der Waals surface area contributed by atoms with Gasteiger partial charge in [0.05, 0.1) is 21.3 Å². The van der Waals surface area contributed by atoms with Crippen LogP contribution in [0.25, 0.3) is 0 Å². The monoisotopic (exact) mass is 1110 g/mol. The molecule has 0 aliphatic heterocycles. The van der Waals surface area contributed by atoms with E-state index < -0.39 is 57.3 Å². The van der Waals surface area contributed by atoms with Gasteiger partial charge in [0.25, 0.3) is 0 Å². The number of rotatable bonds is 14. The summed E-state index contributed by atoms with van der Waals surface area (Å²) in [5.41, 5.74) is 2.23. The number of sulfone groups is 1. The zero-order valence-electron chi connectivity index (χ0n) is 48.9. The Bertz CT molecular complexity index is 2240. The van der Waals surface area contributed by atoms with Crippen LogP contribution in [0, 0.1) is 81.8 Å². The molecule has 8 aliphatic rings. The van der Waals surface area contributed by atoms with E-state index in [1.807, 2.05) is 6.92 Å². The molecule has 0 heterocycles. The van der Waals surface area contributed by atoms with Gasteiger partial charge in [-0.25, -0.2) is 8.42 Å². The molecular weight excluding hydrogens is 1020 g/mol. The molecule has 15 heteroatoms. The minimum absolute atomic E-state index is 0. The van der Waals surface area contributed by atoms with Crippen LogP contribution in [0.15, 0.2) is 58.5 Å². The van der Waals surface area contributed by atoms with Gasteiger partial charge in [-0.15, -0.1) is 0 Å². The van der Waals surface area contributed by atoms with Crippen LogP contribution in [0.3, 0.4) is 0 Å². The standard InChI is InChI=1S/C33H47F3O4S.C27H43F3O2.CH4O.Mg.2H/c1-4-32(38)17-15-25-22(20-32)10-11-27-26(25)14-16-31(3)28(12-13-29(27)31)21(2)18-24(19-30(37)33(34,35)36)41(39,40)23-8-6-5-7-9-23;1-4-26(32)15-13-19-18(16-26)8-9-21-20(19)12-14-25(3)22(10-11-23(21)25)17(2)6-5-7-24(31)27(28,29)30;1-2;;;/h5-10,21,24-30,37-38H,4,11-20H2,1-3H3;8,17,19-24,31-32H,4-7,9-16H2,1-3H3;2H,1H3;;;/q;;;+2;2*-1/t21-,24?,25+,26-,27-,28-,29+,30+,31-,32+;17-,19+,20-,21-,22-,23+,24+,25-,26+;;;;/m11..../s1. The molecule has 0 amide bonds. The van der Waals surface area contributed by atoms with Crippen LogP contribution in [0.4, 0.5) is 26.3 Å². The number of alkyl halides is 6. The molecule has 1 unspecified atom stereocenters. The van der Waals surface area contributed by atoms with E-state index in [-0.39, 0.29) is 60.9 Å². The number of fused-ring (bicyclic) bond motifs is 10. The first kappa shape index (κ1) is 64.0. The summed E-state index contributed by atoms with van der Waals surface area (Å²) in [7, 11) is -3.06. The average molecular weight is 1110 g/mol. The topological polar surface area (TPSA) is 135 Å². The number of aliphatic hydroxyl groups excluding tert-OH is 3. The molecule has 5 N–H and O–H groups in total. The Hall–Kier alpha value is -1.20. The number of allylic oxidation sites excluding steroid dienone is 2. The molecule has 7 nitrogen and oxygen atoms in total. The van der Waals surface area contributed by atoms with Gasteiger partial charge in [-0.05, 0) is 229 Å². The summed E-state index contributed by atoms with van der Waals surface area (Å²) < 4.78 is 105. The van der Waals surface area contributed by atoms with Gasteiger partial charge in [-0.2, -0.15) is 26.3 Å². The van der Waals surface area contributed by atoms with Crippen molar-refractivity contribution in [2.45, 2.75) is 235 Å². The zero-order valence-corrected chi connectivity index (χ0v) is 49.1. The summed E-state index contributed by atoms with van der Waals surface area (Å²) in [6.45, 7) is 13.2. The van der Waals surface area contributed by atoms with Crippen LogP contribution >= 0.6 is 0 Å². The maximum atomic E-state index is 13.6. The zero-order chi connectivity index (χ0) is 55.1. The van der Waals surface area contributed by atoms with Crippen molar-refractivity contribution >= 4 is 32.9 Å². The van der Waals surface area contributed by atoms with Crippen molar-refractivity contribution in [2.24, 2.45) is 81.8 Å². The Morgan fingerprint density at radius 1 is 0.618 bits per heavy atom. The van der Waals surface area contributed by atoms with Crippen molar-refractivity contribution < 1.29 is 63.1 Å². The minimum atomic E-state index is -4.87. The second-order valence-corrected chi connectivity index (χ2v) is 28.3. The van der Waals surface area contributed by atoms with E-state index in [1.54, 1.807) is 18.2 Å². The van der Waals surface area contributed by atoms with Crippen molar-refractivity contribution in [2.75, 3.05) is 7.11 Å². The summed E-state index contributed by atoms with van der Waals surface area (Å²) in [4.78, 5) is 0.00911. The number of benzene rings is 1. The summed E-state index contributed by atoms with van der Waals surface area (Å²) in [5.74, 6) is 6.26. The second kappa shape index (κ2) is 25.1. The largest absolute Gasteiger partial charge is 2.00 e. The quantitative estimate of drug-likeness (QED) is 0.0711. The SMILES string of the molecule is CC[C@]1(O)CC[C@H]2C(=CC[C@@H]3[C@@H]2CC[C@]2(C)[C@@H]([C@H](C)CC(C[C@H](O)C(F)(F)F)S(=O)(=O)c4ccccc4)CC[C@@H]32)C1.CC[C@]1(O)CC[C@H]2C(=CC[C@@H]3[C@@H]2CC[C@]2(C)[C@@H]([C@H](C)CCC[C@H](O)C(F)(F)F)CC[C@@H]32)C1.CO.[H-].[H-].[Mg+2]. The van der Waals surface area contributed by atoms with Gasteiger partial charge in [0, 0.05) is 7.11 Å². The van der Waals surface area contributed by atoms with Crippen LogP contribution < -0.4 is 0 Å². The van der Waals surface area contributed by atoms with E-state index in [9.17, 15) is 55.2 Å². The van der Waals surface area contributed by atoms with Crippen LogP contribution in [0.5, 0.6) is 0 Å². The number of halogens is 6. The third kappa shape index (κ3) is 13.2. The van der Waals surface area contributed by atoms with E-state index in [1.165, 1.54) is 49.0 Å². The molecule has 19 atom stereocenters. The van der Waals surface area contributed by atoms with E-state index >= 15 is 0 Å². The molecule has 8 aliphatic carbocycles. The molecule has 6 saturated carbocycles. The Balaban J connectivity index is 0.000000322. The molecule has 9 rings (SSSR count). The molecule has 0 aromatic heterocycles. The van der Waals surface area contributed by atoms with E-state index in [4.69, 9.17) is 5.11 Å². The smallest absolute Gasteiger partial charge is 1.00 e. The van der Waals surface area contributed by atoms with Crippen LogP contribution in [-0.2, 0) is 9.84 Å². The average Bonchev–Trinajstić information content (AvgIpc) is 3.96. The molecular formula is C61H96F6MgO7S. The van der Waals surface area contributed by atoms with Gasteiger partial charge in [0.1, 0.15) is 6.10 Å². The number of hydrogen-bond donors (Lipinski definition) is 5. The summed E-state index contributed by atoms with van der Waals surface area (Å²) in [5, 5.41) is 46.7. The molecule has 0 radical (unpaired) electrons. The van der Waals surface area contributed by atoms with Gasteiger partial charge >= 0.3 is 35.4 Å². The predicted molar refractivity (Wildman–Crippen MR) is 291 cm³/mol. The normalized spacial score (nSPS) is 38.8. The first-order chi connectivity index (χ1) is 35.2. The van der Waals surface area contributed by atoms with Crippen molar-refractivity contribution in [3.63, 3.8) is 0 Å². The third-order valence-corrected chi connectivity index (χ3v) is 24.7. The molecule has 1 aromatic carbocycles. The Kier molecular flexibility index (Phi) is 21.1. The van der Waals surface area contributed by atoms with Crippen LogP contribution in [0.2, 0.25) is 0 Å². The minimum Gasteiger partial charge on any atom is -1.00 e. The first-order valence-electron chi connectivity index (χ1n) is 29.2. The van der Waals surface area contributed by atoms with Crippen molar-refractivity contribution in [1.82, 2.24) is 0 Å². The summed E-state index contributed by atoms with van der Waals surface area (Å²) >= 11 is 0. The van der Waals surface area contributed by atoms with Gasteiger partial charge < -0.3 is 28.4 Å². The van der Waals surface area contributed by atoms with Gasteiger partial charge in [0.15, 0.2) is 15.9 Å². The molecule has 0 spiro atoms. The van der Waals surface area contributed by atoms with Gasteiger partial charge in [0.2, 0.25) is 0 Å². The fourth-order valence-corrected chi connectivity index (χ4v) is 20.3. The summed E-state index contributed by atoms with van der Waals surface area (Å²) in [6, 6.07) is 7.69. The maximum Gasteiger partial charge on any atom is 2.00 e. The maximum absolute atomic E-state index is 13.6. The third-order valence-electron chi connectivity index (χ3n) is 22.5. The fraction of sp³-hybridized carbons (Fsp3) is 0.836. The number of aliphatic hydroxyl groups is 5. The van der Waals surface area contributed by atoms with Crippen molar-refractivity contribution in [3.8, 4) is 0 Å². The Morgan fingerprint density at radius 2 is 1.07 bits per heavy atom. The van der Waals surface area contributed by atoms with E-state index in [0.29, 0.717) is 53.3 Å². The molecule has 76 heavy (non-hydrogen) atoms. The van der Waals surface area contributed by atoms with E-state index in [0.717, 1.165) is 121 Å². The van der Waals surface area contributed by atoms with E-state index in [2.05, 4.69) is 46.8 Å².